The average Bonchev–Trinajstić information content (AvgIpc) is 3.12. The first-order chi connectivity index (χ1) is 12.7. The minimum Gasteiger partial charge on any atom is -0.338 e. The number of carbonyl (C=O) groups excluding carboxylic acids is 1. The van der Waals surface area contributed by atoms with Gasteiger partial charge < -0.3 is 4.90 Å². The maximum atomic E-state index is 12.4. The minimum atomic E-state index is -0.0388. The first-order valence-corrected chi connectivity index (χ1v) is 9.50. The number of amides is 1. The number of piperidine rings is 1. The molecule has 0 unspecified atom stereocenters. The lowest BCUT2D eigenvalue weighted by Crippen LogP contribution is -2.36. The van der Waals surface area contributed by atoms with Gasteiger partial charge in [-0.05, 0) is 50.8 Å². The van der Waals surface area contributed by atoms with E-state index in [1.807, 2.05) is 37.0 Å². The van der Waals surface area contributed by atoms with E-state index >= 15 is 0 Å². The van der Waals surface area contributed by atoms with Crippen molar-refractivity contribution in [1.82, 2.24) is 29.8 Å². The zero-order valence-electron chi connectivity index (χ0n) is 15.7. The van der Waals surface area contributed by atoms with Crippen LogP contribution in [0.3, 0.4) is 0 Å². The van der Waals surface area contributed by atoms with Crippen LogP contribution >= 0.6 is 0 Å². The Morgan fingerprint density at radius 1 is 1.35 bits per heavy atom. The normalized spacial score (nSPS) is 18.0. The van der Waals surface area contributed by atoms with Gasteiger partial charge in [0, 0.05) is 45.1 Å². The molecule has 3 rings (SSSR count). The molecule has 26 heavy (non-hydrogen) atoms. The quantitative estimate of drug-likeness (QED) is 0.760. The molecule has 2 aromatic heterocycles. The van der Waals surface area contributed by atoms with Gasteiger partial charge in [-0.1, -0.05) is 11.3 Å². The van der Waals surface area contributed by atoms with Crippen molar-refractivity contribution in [2.45, 2.75) is 39.8 Å². The maximum absolute atomic E-state index is 12.4. The van der Waals surface area contributed by atoms with E-state index in [-0.39, 0.29) is 5.91 Å². The van der Waals surface area contributed by atoms with Crippen LogP contribution in [0, 0.1) is 5.92 Å². The Morgan fingerprint density at radius 2 is 2.19 bits per heavy atom. The van der Waals surface area contributed by atoms with E-state index in [1.165, 1.54) is 18.4 Å². The van der Waals surface area contributed by atoms with Crippen molar-refractivity contribution in [3.8, 4) is 0 Å². The third-order valence-corrected chi connectivity index (χ3v) is 4.99. The summed E-state index contributed by atoms with van der Waals surface area (Å²) in [6, 6.07) is 4.11. The van der Waals surface area contributed by atoms with Crippen LogP contribution in [0.4, 0.5) is 0 Å². The SMILES string of the molecule is CCN(CC)C(=O)c1cn(C[C@H]2CCCN(Cc3cccnc3)C2)nn1. The molecular weight excluding hydrogens is 328 g/mol. The van der Waals surface area contributed by atoms with E-state index in [0.29, 0.717) is 24.7 Å². The molecule has 0 radical (unpaired) electrons. The highest BCUT2D eigenvalue weighted by molar-refractivity contribution is 5.91. The van der Waals surface area contributed by atoms with Crippen LogP contribution in [0.25, 0.3) is 0 Å². The number of rotatable bonds is 7. The molecule has 0 saturated carbocycles. The van der Waals surface area contributed by atoms with Gasteiger partial charge in [0.05, 0.1) is 6.20 Å². The third-order valence-electron chi connectivity index (χ3n) is 4.99. The predicted molar refractivity (Wildman–Crippen MR) is 99.5 cm³/mol. The lowest BCUT2D eigenvalue weighted by molar-refractivity contribution is 0.0767. The first-order valence-electron chi connectivity index (χ1n) is 9.50. The van der Waals surface area contributed by atoms with Crippen molar-refractivity contribution in [2.24, 2.45) is 5.92 Å². The topological polar surface area (TPSA) is 67.2 Å². The van der Waals surface area contributed by atoms with Gasteiger partial charge in [-0.2, -0.15) is 0 Å². The molecule has 0 spiro atoms. The summed E-state index contributed by atoms with van der Waals surface area (Å²) in [5, 5.41) is 8.27. The molecule has 2 aromatic rings. The lowest BCUT2D eigenvalue weighted by atomic mass is 9.97. The molecule has 1 saturated heterocycles. The number of aromatic nitrogens is 4. The summed E-state index contributed by atoms with van der Waals surface area (Å²) in [5.74, 6) is 0.488. The fraction of sp³-hybridized carbons (Fsp3) is 0.579. The van der Waals surface area contributed by atoms with Crippen LogP contribution in [-0.4, -0.2) is 61.9 Å². The highest BCUT2D eigenvalue weighted by atomic mass is 16.2. The largest absolute Gasteiger partial charge is 0.338 e. The van der Waals surface area contributed by atoms with Gasteiger partial charge in [0.2, 0.25) is 0 Å². The van der Waals surface area contributed by atoms with Crippen LogP contribution in [0.15, 0.2) is 30.7 Å². The first kappa shape index (κ1) is 18.5. The number of hydrogen-bond donors (Lipinski definition) is 0. The monoisotopic (exact) mass is 356 g/mol. The fourth-order valence-corrected chi connectivity index (χ4v) is 3.62. The summed E-state index contributed by atoms with van der Waals surface area (Å²) < 4.78 is 1.83. The lowest BCUT2D eigenvalue weighted by Gasteiger charge is -2.32. The van der Waals surface area contributed by atoms with E-state index in [4.69, 9.17) is 0 Å². The summed E-state index contributed by atoms with van der Waals surface area (Å²) in [4.78, 5) is 20.8. The van der Waals surface area contributed by atoms with Crippen molar-refractivity contribution in [1.29, 1.82) is 0 Å². The highest BCUT2D eigenvalue weighted by Crippen LogP contribution is 2.20. The maximum Gasteiger partial charge on any atom is 0.276 e. The molecule has 7 nitrogen and oxygen atoms in total. The Labute approximate surface area is 155 Å². The Hall–Kier alpha value is -2.28. The van der Waals surface area contributed by atoms with Crippen molar-refractivity contribution >= 4 is 5.91 Å². The van der Waals surface area contributed by atoms with Gasteiger partial charge in [-0.25, -0.2) is 0 Å². The van der Waals surface area contributed by atoms with Gasteiger partial charge in [-0.3, -0.25) is 19.4 Å². The molecule has 1 atom stereocenters. The highest BCUT2D eigenvalue weighted by Gasteiger charge is 2.22. The Bertz CT molecular complexity index is 697. The molecule has 140 valence electrons. The molecule has 0 N–H and O–H groups in total. The average molecular weight is 356 g/mol. The zero-order valence-corrected chi connectivity index (χ0v) is 15.7. The van der Waals surface area contributed by atoms with Gasteiger partial charge in [0.15, 0.2) is 5.69 Å². The van der Waals surface area contributed by atoms with Crippen LogP contribution in [-0.2, 0) is 13.1 Å². The number of carbonyl (C=O) groups is 1. The molecule has 1 fully saturated rings. The second-order valence-electron chi connectivity index (χ2n) is 6.91. The van der Waals surface area contributed by atoms with Gasteiger partial charge in [0.1, 0.15) is 0 Å². The Morgan fingerprint density at radius 3 is 2.92 bits per heavy atom. The van der Waals surface area contributed by atoms with E-state index < -0.39 is 0 Å². The predicted octanol–water partition coefficient (Wildman–Crippen LogP) is 2.07. The second kappa shape index (κ2) is 8.89. The summed E-state index contributed by atoms with van der Waals surface area (Å²) in [6.07, 6.45) is 7.91. The van der Waals surface area contributed by atoms with E-state index in [1.54, 1.807) is 11.1 Å². The van der Waals surface area contributed by atoms with Crippen molar-refractivity contribution in [2.75, 3.05) is 26.2 Å². The third kappa shape index (κ3) is 4.66. The van der Waals surface area contributed by atoms with Crippen LogP contribution in [0.5, 0.6) is 0 Å². The molecule has 0 aromatic carbocycles. The number of pyridine rings is 1. The molecule has 0 bridgehead atoms. The molecule has 0 aliphatic carbocycles. The Kier molecular flexibility index (Phi) is 6.33. The van der Waals surface area contributed by atoms with Gasteiger partial charge in [0.25, 0.3) is 5.91 Å². The molecule has 1 aliphatic heterocycles. The summed E-state index contributed by atoms with van der Waals surface area (Å²) in [5.41, 5.74) is 1.69. The van der Waals surface area contributed by atoms with Crippen LogP contribution in [0.2, 0.25) is 0 Å². The minimum absolute atomic E-state index is 0.0388. The second-order valence-corrected chi connectivity index (χ2v) is 6.91. The van der Waals surface area contributed by atoms with Gasteiger partial charge >= 0.3 is 0 Å². The molecule has 3 heterocycles. The summed E-state index contributed by atoms with van der Waals surface area (Å²) in [7, 11) is 0. The smallest absolute Gasteiger partial charge is 0.276 e. The summed E-state index contributed by atoms with van der Waals surface area (Å²) >= 11 is 0. The van der Waals surface area contributed by atoms with E-state index in [9.17, 15) is 4.79 Å². The van der Waals surface area contributed by atoms with Crippen molar-refractivity contribution < 1.29 is 4.79 Å². The molecule has 7 heteroatoms. The van der Waals surface area contributed by atoms with Gasteiger partial charge in [-0.15, -0.1) is 5.10 Å². The number of hydrogen-bond acceptors (Lipinski definition) is 5. The number of nitrogens with zero attached hydrogens (tertiary/aromatic N) is 6. The fourth-order valence-electron chi connectivity index (χ4n) is 3.62. The molecular formula is C19H28N6O. The molecule has 1 amide bonds. The van der Waals surface area contributed by atoms with Crippen LogP contribution < -0.4 is 0 Å². The van der Waals surface area contributed by atoms with E-state index in [2.05, 4.69) is 26.3 Å². The Balaban J connectivity index is 1.56. The zero-order chi connectivity index (χ0) is 18.4. The molecule has 1 aliphatic rings. The number of likely N-dealkylation sites (tertiary alicyclic amines) is 1. The van der Waals surface area contributed by atoms with Crippen molar-refractivity contribution in [3.05, 3.63) is 42.0 Å². The summed E-state index contributed by atoms with van der Waals surface area (Å²) in [6.45, 7) is 9.23. The van der Waals surface area contributed by atoms with Crippen molar-refractivity contribution in [3.63, 3.8) is 0 Å². The van der Waals surface area contributed by atoms with Crippen LogP contribution in [0.1, 0.15) is 42.7 Å². The standard InChI is InChI=1S/C19H28N6O/c1-3-24(4-2)19(26)18-15-25(22-21-18)14-17-8-6-10-23(13-17)12-16-7-5-9-20-11-16/h5,7,9,11,15,17H,3-4,6,8,10,12-14H2,1-2H3/t17-/m0/s1. The van der Waals surface area contributed by atoms with E-state index in [0.717, 1.165) is 26.2 Å².